The highest BCUT2D eigenvalue weighted by molar-refractivity contribution is 7.89. The molecule has 0 saturated carbocycles. The van der Waals surface area contributed by atoms with Gasteiger partial charge in [-0.15, -0.1) is 0 Å². The predicted molar refractivity (Wildman–Crippen MR) is 105 cm³/mol. The predicted octanol–water partition coefficient (Wildman–Crippen LogP) is 2.53. The minimum atomic E-state index is -3.59. The van der Waals surface area contributed by atoms with Gasteiger partial charge in [-0.3, -0.25) is 4.90 Å². The average molecular weight is 387 g/mol. The molecular weight excluding hydrogens is 360 g/mol. The van der Waals surface area contributed by atoms with Gasteiger partial charge in [0.2, 0.25) is 10.0 Å². The highest BCUT2D eigenvalue weighted by atomic mass is 32.2. The van der Waals surface area contributed by atoms with Gasteiger partial charge in [0, 0.05) is 19.6 Å². The van der Waals surface area contributed by atoms with Gasteiger partial charge in [0.05, 0.1) is 24.2 Å². The SMILES string of the molecule is O=S(=O)(N[C@@H](CN1CCOCC1)c1ccccc1)c1ccc2c(c1)CCC2. The van der Waals surface area contributed by atoms with Gasteiger partial charge in [-0.05, 0) is 48.1 Å². The summed E-state index contributed by atoms with van der Waals surface area (Å²) in [6.45, 7) is 3.67. The lowest BCUT2D eigenvalue weighted by atomic mass is 10.1. The number of morpholine rings is 1. The molecule has 27 heavy (non-hydrogen) atoms. The van der Waals surface area contributed by atoms with E-state index in [-0.39, 0.29) is 6.04 Å². The van der Waals surface area contributed by atoms with E-state index in [2.05, 4.69) is 9.62 Å². The van der Waals surface area contributed by atoms with Crippen LogP contribution in [0, 0.1) is 0 Å². The van der Waals surface area contributed by atoms with Crippen molar-refractivity contribution in [2.75, 3.05) is 32.8 Å². The first-order valence-electron chi connectivity index (χ1n) is 9.61. The molecule has 1 N–H and O–H groups in total. The average Bonchev–Trinajstić information content (AvgIpc) is 3.17. The number of nitrogens with zero attached hydrogens (tertiary/aromatic N) is 1. The van der Waals surface area contributed by atoms with Crippen LogP contribution in [0.1, 0.15) is 29.2 Å². The Bertz CT molecular complexity index is 878. The van der Waals surface area contributed by atoms with E-state index in [1.54, 1.807) is 6.07 Å². The van der Waals surface area contributed by atoms with Crippen molar-refractivity contribution in [2.24, 2.45) is 0 Å². The van der Waals surface area contributed by atoms with E-state index >= 15 is 0 Å². The van der Waals surface area contributed by atoms with E-state index in [0.29, 0.717) is 24.7 Å². The van der Waals surface area contributed by atoms with Crippen LogP contribution in [-0.4, -0.2) is 46.2 Å². The Morgan fingerprint density at radius 1 is 1.00 bits per heavy atom. The molecule has 0 aromatic heterocycles. The van der Waals surface area contributed by atoms with E-state index < -0.39 is 10.0 Å². The van der Waals surface area contributed by atoms with Crippen LogP contribution in [0.25, 0.3) is 0 Å². The lowest BCUT2D eigenvalue weighted by Gasteiger charge is -2.31. The Morgan fingerprint density at radius 3 is 2.52 bits per heavy atom. The van der Waals surface area contributed by atoms with E-state index in [1.165, 1.54) is 11.1 Å². The summed E-state index contributed by atoms with van der Waals surface area (Å²) in [5, 5.41) is 0. The zero-order chi connectivity index (χ0) is 18.7. The molecule has 1 aliphatic heterocycles. The van der Waals surface area contributed by atoms with Crippen molar-refractivity contribution in [1.82, 2.24) is 9.62 Å². The third kappa shape index (κ3) is 4.41. The molecule has 2 aromatic rings. The summed E-state index contributed by atoms with van der Waals surface area (Å²) in [6, 6.07) is 15.1. The number of hydrogen-bond donors (Lipinski definition) is 1. The van der Waals surface area contributed by atoms with Gasteiger partial charge < -0.3 is 4.74 Å². The van der Waals surface area contributed by atoms with Crippen molar-refractivity contribution < 1.29 is 13.2 Å². The van der Waals surface area contributed by atoms with Gasteiger partial charge in [-0.2, -0.15) is 0 Å². The van der Waals surface area contributed by atoms with Crippen LogP contribution in [0.5, 0.6) is 0 Å². The molecule has 6 heteroatoms. The summed E-state index contributed by atoms with van der Waals surface area (Å²) in [4.78, 5) is 2.62. The topological polar surface area (TPSA) is 58.6 Å². The van der Waals surface area contributed by atoms with Gasteiger partial charge in [-0.25, -0.2) is 13.1 Å². The first-order chi connectivity index (χ1) is 13.1. The number of aryl methyl sites for hydroxylation is 2. The van der Waals surface area contributed by atoms with Gasteiger partial charge in [-0.1, -0.05) is 36.4 Å². The van der Waals surface area contributed by atoms with E-state index in [0.717, 1.165) is 37.9 Å². The highest BCUT2D eigenvalue weighted by Gasteiger charge is 2.25. The van der Waals surface area contributed by atoms with Crippen molar-refractivity contribution >= 4 is 10.0 Å². The zero-order valence-corrected chi connectivity index (χ0v) is 16.2. The van der Waals surface area contributed by atoms with Crippen molar-refractivity contribution in [2.45, 2.75) is 30.2 Å². The molecule has 1 saturated heterocycles. The second-order valence-electron chi connectivity index (χ2n) is 7.28. The molecule has 0 bridgehead atoms. The maximum atomic E-state index is 13.1. The Labute approximate surface area is 161 Å². The zero-order valence-electron chi connectivity index (χ0n) is 15.4. The summed E-state index contributed by atoms with van der Waals surface area (Å²) in [6.07, 6.45) is 3.12. The van der Waals surface area contributed by atoms with E-state index in [9.17, 15) is 8.42 Å². The van der Waals surface area contributed by atoms with Gasteiger partial charge in [0.25, 0.3) is 0 Å². The summed E-state index contributed by atoms with van der Waals surface area (Å²) in [5.41, 5.74) is 3.43. The third-order valence-corrected chi connectivity index (χ3v) is 6.89. The van der Waals surface area contributed by atoms with Crippen LogP contribution >= 0.6 is 0 Å². The van der Waals surface area contributed by atoms with Crippen molar-refractivity contribution in [1.29, 1.82) is 0 Å². The molecule has 0 radical (unpaired) electrons. The van der Waals surface area contributed by atoms with Crippen molar-refractivity contribution in [3.63, 3.8) is 0 Å². The highest BCUT2D eigenvalue weighted by Crippen LogP contribution is 2.26. The normalized spacial score (nSPS) is 19.0. The molecule has 2 aliphatic rings. The molecule has 1 atom stereocenters. The van der Waals surface area contributed by atoms with E-state index in [4.69, 9.17) is 4.74 Å². The molecule has 1 aliphatic carbocycles. The Balaban J connectivity index is 1.58. The van der Waals surface area contributed by atoms with Crippen molar-refractivity contribution in [3.05, 3.63) is 65.2 Å². The summed E-state index contributed by atoms with van der Waals surface area (Å²) in [7, 11) is -3.59. The standard InChI is InChI=1S/C21H26N2O3S/c24-27(25,20-10-9-17-7-4-8-19(17)15-20)22-21(18-5-2-1-3-6-18)16-23-11-13-26-14-12-23/h1-3,5-6,9-10,15,21-22H,4,7-8,11-14,16H2/t21-/m0/s1. The number of rotatable bonds is 6. The number of benzene rings is 2. The molecule has 0 spiro atoms. The van der Waals surface area contributed by atoms with Crippen LogP contribution in [-0.2, 0) is 27.6 Å². The Morgan fingerprint density at radius 2 is 1.74 bits per heavy atom. The van der Waals surface area contributed by atoms with Crippen molar-refractivity contribution in [3.8, 4) is 0 Å². The molecule has 0 unspecified atom stereocenters. The fourth-order valence-corrected chi connectivity index (χ4v) is 5.17. The Hall–Kier alpha value is -1.73. The first-order valence-corrected chi connectivity index (χ1v) is 11.1. The quantitative estimate of drug-likeness (QED) is 0.829. The van der Waals surface area contributed by atoms with Gasteiger partial charge in [0.15, 0.2) is 0 Å². The fourth-order valence-electron chi connectivity index (χ4n) is 3.91. The number of sulfonamides is 1. The second-order valence-corrected chi connectivity index (χ2v) is 9.00. The lowest BCUT2D eigenvalue weighted by molar-refractivity contribution is 0.0345. The van der Waals surface area contributed by atoms with Crippen LogP contribution in [0.3, 0.4) is 0 Å². The number of nitrogens with one attached hydrogen (secondary N) is 1. The third-order valence-electron chi connectivity index (χ3n) is 5.42. The Kier molecular flexibility index (Phi) is 5.59. The monoisotopic (exact) mass is 386 g/mol. The fraction of sp³-hybridized carbons (Fsp3) is 0.429. The van der Waals surface area contributed by atoms with E-state index in [1.807, 2.05) is 42.5 Å². The van der Waals surface area contributed by atoms with Crippen LogP contribution in [0.4, 0.5) is 0 Å². The molecule has 1 fully saturated rings. The number of ether oxygens (including phenoxy) is 1. The lowest BCUT2D eigenvalue weighted by Crippen LogP contribution is -2.43. The maximum Gasteiger partial charge on any atom is 0.241 e. The van der Waals surface area contributed by atoms with Crippen LogP contribution in [0.2, 0.25) is 0 Å². The maximum absolute atomic E-state index is 13.1. The minimum absolute atomic E-state index is 0.289. The summed E-state index contributed by atoms with van der Waals surface area (Å²) >= 11 is 0. The second kappa shape index (κ2) is 8.10. The van der Waals surface area contributed by atoms with Crippen LogP contribution < -0.4 is 4.72 Å². The molecule has 4 rings (SSSR count). The largest absolute Gasteiger partial charge is 0.379 e. The first kappa shape index (κ1) is 18.6. The number of fused-ring (bicyclic) bond motifs is 1. The van der Waals surface area contributed by atoms with Gasteiger partial charge in [0.1, 0.15) is 0 Å². The summed E-state index contributed by atoms with van der Waals surface area (Å²) in [5.74, 6) is 0. The van der Waals surface area contributed by atoms with Gasteiger partial charge >= 0.3 is 0 Å². The molecular formula is C21H26N2O3S. The summed E-state index contributed by atoms with van der Waals surface area (Å²) < 4.78 is 34.6. The van der Waals surface area contributed by atoms with Crippen LogP contribution in [0.15, 0.2) is 53.4 Å². The smallest absolute Gasteiger partial charge is 0.241 e. The molecule has 1 heterocycles. The molecule has 2 aromatic carbocycles. The number of hydrogen-bond acceptors (Lipinski definition) is 4. The molecule has 144 valence electrons. The molecule has 0 amide bonds. The molecule has 5 nitrogen and oxygen atoms in total. The minimum Gasteiger partial charge on any atom is -0.379 e.